The van der Waals surface area contributed by atoms with E-state index in [1.165, 1.54) is 18.2 Å². The van der Waals surface area contributed by atoms with Crippen molar-refractivity contribution in [3.63, 3.8) is 0 Å². The van der Waals surface area contributed by atoms with E-state index in [9.17, 15) is 14.9 Å². The van der Waals surface area contributed by atoms with Gasteiger partial charge in [0, 0.05) is 10.5 Å². The van der Waals surface area contributed by atoms with E-state index in [1.807, 2.05) is 0 Å². The van der Waals surface area contributed by atoms with Gasteiger partial charge in [-0.3, -0.25) is 10.1 Å². The highest BCUT2D eigenvalue weighted by Gasteiger charge is 2.22. The Morgan fingerprint density at radius 2 is 2.00 bits per heavy atom. The fourth-order valence-electron chi connectivity index (χ4n) is 1.08. The predicted molar refractivity (Wildman–Crippen MR) is 67.7 cm³/mol. The van der Waals surface area contributed by atoms with Crippen LogP contribution in [0.15, 0.2) is 22.7 Å². The van der Waals surface area contributed by atoms with Gasteiger partial charge < -0.3 is 9.47 Å². The number of hydrogen-bond acceptors (Lipinski definition) is 5. The van der Waals surface area contributed by atoms with Gasteiger partial charge in [-0.1, -0.05) is 15.9 Å². The first-order valence-electron chi connectivity index (χ1n) is 5.04. The average Bonchev–Trinajstić information content (AvgIpc) is 2.17. The zero-order chi connectivity index (χ0) is 13.9. The summed E-state index contributed by atoms with van der Waals surface area (Å²) in [5.41, 5.74) is -1.03. The van der Waals surface area contributed by atoms with Gasteiger partial charge in [0.2, 0.25) is 5.75 Å². The molecule has 0 aromatic heterocycles. The standard InChI is InChI=1S/C11H12BrNO5/c1-11(2,3)18-10(14)17-9-5-4-7(12)6-8(9)13(15)16/h4-6H,1-3H3. The van der Waals surface area contributed by atoms with Crippen LogP contribution in [0.5, 0.6) is 5.75 Å². The van der Waals surface area contributed by atoms with E-state index in [1.54, 1.807) is 20.8 Å². The average molecular weight is 318 g/mol. The van der Waals surface area contributed by atoms with Crippen LogP contribution in [0.25, 0.3) is 0 Å². The van der Waals surface area contributed by atoms with Gasteiger partial charge in [0.05, 0.1) is 4.92 Å². The first kappa shape index (κ1) is 14.4. The van der Waals surface area contributed by atoms with Crippen molar-refractivity contribution in [2.24, 2.45) is 0 Å². The molecule has 0 unspecified atom stereocenters. The summed E-state index contributed by atoms with van der Waals surface area (Å²) in [6.45, 7) is 5.01. The molecule has 6 nitrogen and oxygen atoms in total. The second kappa shape index (κ2) is 5.34. The van der Waals surface area contributed by atoms with Gasteiger partial charge in [-0.05, 0) is 32.9 Å². The van der Waals surface area contributed by atoms with Crippen LogP contribution < -0.4 is 4.74 Å². The lowest BCUT2D eigenvalue weighted by atomic mass is 10.2. The zero-order valence-corrected chi connectivity index (χ0v) is 11.7. The zero-order valence-electron chi connectivity index (χ0n) is 10.1. The van der Waals surface area contributed by atoms with E-state index in [2.05, 4.69) is 15.9 Å². The second-order valence-electron chi connectivity index (χ2n) is 4.44. The Bertz CT molecular complexity index is 481. The molecule has 0 amide bonds. The molecule has 1 aromatic rings. The van der Waals surface area contributed by atoms with Crippen molar-refractivity contribution in [1.82, 2.24) is 0 Å². The Balaban J connectivity index is 2.91. The molecule has 7 heteroatoms. The van der Waals surface area contributed by atoms with Crippen molar-refractivity contribution < 1.29 is 19.2 Å². The summed E-state index contributed by atoms with van der Waals surface area (Å²) in [4.78, 5) is 21.6. The van der Waals surface area contributed by atoms with Crippen LogP contribution in [-0.4, -0.2) is 16.7 Å². The van der Waals surface area contributed by atoms with Crippen molar-refractivity contribution in [2.75, 3.05) is 0 Å². The summed E-state index contributed by atoms with van der Waals surface area (Å²) in [5.74, 6) is -0.155. The van der Waals surface area contributed by atoms with Crippen LogP contribution in [0.2, 0.25) is 0 Å². The molecule has 1 aromatic carbocycles. The molecule has 0 spiro atoms. The monoisotopic (exact) mass is 317 g/mol. The third kappa shape index (κ3) is 4.33. The third-order valence-corrected chi connectivity index (χ3v) is 2.19. The van der Waals surface area contributed by atoms with Crippen molar-refractivity contribution in [2.45, 2.75) is 26.4 Å². The minimum absolute atomic E-state index is 0.155. The molecule has 0 N–H and O–H groups in total. The van der Waals surface area contributed by atoms with Crippen LogP contribution >= 0.6 is 15.9 Å². The molecule has 0 atom stereocenters. The minimum atomic E-state index is -0.979. The number of nitro groups is 1. The van der Waals surface area contributed by atoms with E-state index in [0.717, 1.165) is 0 Å². The maximum absolute atomic E-state index is 11.4. The number of ether oxygens (including phenoxy) is 2. The van der Waals surface area contributed by atoms with Crippen molar-refractivity contribution in [3.05, 3.63) is 32.8 Å². The number of carbonyl (C=O) groups is 1. The Morgan fingerprint density at radius 3 is 2.50 bits per heavy atom. The Labute approximate surface area is 112 Å². The number of benzene rings is 1. The van der Waals surface area contributed by atoms with Gasteiger partial charge in [-0.15, -0.1) is 0 Å². The molecule has 0 aliphatic heterocycles. The van der Waals surface area contributed by atoms with Gasteiger partial charge in [0.25, 0.3) is 0 Å². The summed E-state index contributed by atoms with van der Waals surface area (Å²) in [6, 6.07) is 4.11. The van der Waals surface area contributed by atoms with Gasteiger partial charge in [-0.2, -0.15) is 0 Å². The molecular weight excluding hydrogens is 306 g/mol. The lowest BCUT2D eigenvalue weighted by Gasteiger charge is -2.18. The first-order valence-corrected chi connectivity index (χ1v) is 5.83. The highest BCUT2D eigenvalue weighted by molar-refractivity contribution is 9.10. The van der Waals surface area contributed by atoms with Gasteiger partial charge in [0.15, 0.2) is 0 Å². The molecular formula is C11H12BrNO5. The summed E-state index contributed by atoms with van der Waals surface area (Å²) < 4.78 is 10.2. The largest absolute Gasteiger partial charge is 0.514 e. The lowest BCUT2D eigenvalue weighted by Crippen LogP contribution is -2.26. The molecule has 0 aliphatic carbocycles. The maximum atomic E-state index is 11.4. The van der Waals surface area contributed by atoms with Gasteiger partial charge >= 0.3 is 11.8 Å². The molecule has 0 saturated heterocycles. The number of hydrogen-bond donors (Lipinski definition) is 0. The summed E-state index contributed by atoms with van der Waals surface area (Å²) in [6.07, 6.45) is -0.979. The second-order valence-corrected chi connectivity index (χ2v) is 5.35. The molecule has 0 heterocycles. The van der Waals surface area contributed by atoms with Gasteiger partial charge in [-0.25, -0.2) is 4.79 Å². The summed E-state index contributed by atoms with van der Waals surface area (Å²) in [7, 11) is 0. The van der Waals surface area contributed by atoms with Crippen LogP contribution in [-0.2, 0) is 4.74 Å². The van der Waals surface area contributed by atoms with Gasteiger partial charge in [0.1, 0.15) is 5.60 Å². The Morgan fingerprint density at radius 1 is 1.39 bits per heavy atom. The minimum Gasteiger partial charge on any atom is -0.428 e. The van der Waals surface area contributed by atoms with Crippen molar-refractivity contribution in [1.29, 1.82) is 0 Å². The fraction of sp³-hybridized carbons (Fsp3) is 0.364. The van der Waals surface area contributed by atoms with E-state index in [4.69, 9.17) is 9.47 Å². The van der Waals surface area contributed by atoms with Crippen LogP contribution in [0.4, 0.5) is 10.5 Å². The van der Waals surface area contributed by atoms with E-state index in [0.29, 0.717) is 4.47 Å². The quantitative estimate of drug-likeness (QED) is 0.360. The smallest absolute Gasteiger partial charge is 0.428 e. The molecule has 1 rings (SSSR count). The Hall–Kier alpha value is -1.63. The molecule has 0 fully saturated rings. The number of carbonyl (C=O) groups excluding carboxylic acids is 1. The highest BCUT2D eigenvalue weighted by Crippen LogP contribution is 2.30. The van der Waals surface area contributed by atoms with E-state index >= 15 is 0 Å². The van der Waals surface area contributed by atoms with E-state index in [-0.39, 0.29) is 11.4 Å². The SMILES string of the molecule is CC(C)(C)OC(=O)Oc1ccc(Br)cc1[N+](=O)[O-]. The van der Waals surface area contributed by atoms with Crippen molar-refractivity contribution >= 4 is 27.8 Å². The molecule has 0 radical (unpaired) electrons. The summed E-state index contributed by atoms with van der Waals surface area (Å²) >= 11 is 3.10. The van der Waals surface area contributed by atoms with Crippen LogP contribution in [0.3, 0.4) is 0 Å². The molecule has 0 saturated carbocycles. The summed E-state index contributed by atoms with van der Waals surface area (Å²) in [5, 5.41) is 10.8. The number of rotatable bonds is 2. The Kier molecular flexibility index (Phi) is 4.28. The van der Waals surface area contributed by atoms with Crippen LogP contribution in [0.1, 0.15) is 20.8 Å². The molecule has 18 heavy (non-hydrogen) atoms. The highest BCUT2D eigenvalue weighted by atomic mass is 79.9. The normalized spacial score (nSPS) is 10.9. The number of nitrogens with zero attached hydrogens (tertiary/aromatic N) is 1. The maximum Gasteiger partial charge on any atom is 0.514 e. The third-order valence-electron chi connectivity index (χ3n) is 1.70. The molecule has 98 valence electrons. The first-order chi connectivity index (χ1) is 8.19. The predicted octanol–water partition coefficient (Wildman–Crippen LogP) is 3.67. The van der Waals surface area contributed by atoms with Crippen LogP contribution in [0, 0.1) is 10.1 Å². The fourth-order valence-corrected chi connectivity index (χ4v) is 1.43. The topological polar surface area (TPSA) is 78.7 Å². The number of halogens is 1. The van der Waals surface area contributed by atoms with Crippen molar-refractivity contribution in [3.8, 4) is 5.75 Å². The van der Waals surface area contributed by atoms with E-state index < -0.39 is 16.7 Å². The lowest BCUT2D eigenvalue weighted by molar-refractivity contribution is -0.385. The molecule has 0 bridgehead atoms. The molecule has 0 aliphatic rings. The number of nitro benzene ring substituents is 1.